The third kappa shape index (κ3) is 3.64. The second kappa shape index (κ2) is 6.31. The Morgan fingerprint density at radius 1 is 1.10 bits per heavy atom. The Balaban J connectivity index is 1.85. The molecule has 3 N–H and O–H groups in total. The van der Waals surface area contributed by atoms with Gasteiger partial charge in [0.1, 0.15) is 11.6 Å². The Kier molecular flexibility index (Phi) is 4.25. The summed E-state index contributed by atoms with van der Waals surface area (Å²) in [5.74, 6) is 1.87. The zero-order valence-electron chi connectivity index (χ0n) is 11.8. The van der Waals surface area contributed by atoms with Gasteiger partial charge >= 0.3 is 0 Å². The fourth-order valence-corrected chi connectivity index (χ4v) is 2.94. The van der Waals surface area contributed by atoms with Crippen LogP contribution in [0, 0.1) is 0 Å². The SMILES string of the molecule is Nc1cc(NC2CCCCC2)nc(-c2cccc(Cl)c2)n1. The van der Waals surface area contributed by atoms with Gasteiger partial charge in [0, 0.05) is 22.7 Å². The number of nitrogen functional groups attached to an aromatic ring is 1. The minimum Gasteiger partial charge on any atom is -0.384 e. The van der Waals surface area contributed by atoms with E-state index in [1.807, 2.05) is 24.3 Å². The van der Waals surface area contributed by atoms with Crippen LogP contribution in [-0.2, 0) is 0 Å². The lowest BCUT2D eigenvalue weighted by atomic mass is 9.95. The summed E-state index contributed by atoms with van der Waals surface area (Å²) in [5.41, 5.74) is 6.79. The topological polar surface area (TPSA) is 63.8 Å². The predicted octanol–water partition coefficient (Wildman–Crippen LogP) is 4.12. The van der Waals surface area contributed by atoms with E-state index >= 15 is 0 Å². The van der Waals surface area contributed by atoms with E-state index in [0.29, 0.717) is 22.7 Å². The van der Waals surface area contributed by atoms with Crippen LogP contribution in [0.1, 0.15) is 32.1 Å². The van der Waals surface area contributed by atoms with Crippen LogP contribution < -0.4 is 11.1 Å². The predicted molar refractivity (Wildman–Crippen MR) is 87.4 cm³/mol. The molecule has 2 aromatic rings. The summed E-state index contributed by atoms with van der Waals surface area (Å²) in [5, 5.41) is 4.15. The summed E-state index contributed by atoms with van der Waals surface area (Å²) in [6.07, 6.45) is 6.27. The van der Waals surface area contributed by atoms with Crippen molar-refractivity contribution in [1.29, 1.82) is 0 Å². The third-order valence-electron chi connectivity index (χ3n) is 3.79. The van der Waals surface area contributed by atoms with Crippen LogP contribution in [0.4, 0.5) is 11.6 Å². The van der Waals surface area contributed by atoms with E-state index in [9.17, 15) is 0 Å². The number of hydrogen-bond donors (Lipinski definition) is 2. The van der Waals surface area contributed by atoms with Crippen LogP contribution >= 0.6 is 11.6 Å². The van der Waals surface area contributed by atoms with E-state index in [-0.39, 0.29) is 0 Å². The van der Waals surface area contributed by atoms with Gasteiger partial charge in [0.25, 0.3) is 0 Å². The van der Waals surface area contributed by atoms with E-state index in [2.05, 4.69) is 15.3 Å². The van der Waals surface area contributed by atoms with Crippen LogP contribution in [0.2, 0.25) is 5.02 Å². The molecule has 0 radical (unpaired) electrons. The van der Waals surface area contributed by atoms with Crippen molar-refractivity contribution in [2.45, 2.75) is 38.1 Å². The number of benzene rings is 1. The maximum Gasteiger partial charge on any atom is 0.163 e. The van der Waals surface area contributed by atoms with Crippen LogP contribution in [0.15, 0.2) is 30.3 Å². The molecular formula is C16H19ClN4. The molecule has 5 heteroatoms. The second-order valence-electron chi connectivity index (χ2n) is 5.49. The fraction of sp³-hybridized carbons (Fsp3) is 0.375. The molecule has 21 heavy (non-hydrogen) atoms. The molecule has 4 nitrogen and oxygen atoms in total. The van der Waals surface area contributed by atoms with Gasteiger partial charge in [0.2, 0.25) is 0 Å². The summed E-state index contributed by atoms with van der Waals surface area (Å²) in [6.45, 7) is 0. The number of aromatic nitrogens is 2. The van der Waals surface area contributed by atoms with Gasteiger partial charge in [-0.3, -0.25) is 0 Å². The van der Waals surface area contributed by atoms with E-state index in [1.54, 1.807) is 6.07 Å². The zero-order valence-corrected chi connectivity index (χ0v) is 12.6. The molecule has 0 unspecified atom stereocenters. The number of hydrogen-bond acceptors (Lipinski definition) is 4. The van der Waals surface area contributed by atoms with Crippen molar-refractivity contribution in [1.82, 2.24) is 9.97 Å². The summed E-state index contributed by atoms with van der Waals surface area (Å²) in [7, 11) is 0. The molecular weight excluding hydrogens is 284 g/mol. The normalized spacial score (nSPS) is 15.9. The minimum atomic E-state index is 0.471. The van der Waals surface area contributed by atoms with Gasteiger partial charge in [-0.05, 0) is 25.0 Å². The first-order valence-corrected chi connectivity index (χ1v) is 7.75. The maximum absolute atomic E-state index is 6.03. The number of halogens is 1. The monoisotopic (exact) mass is 302 g/mol. The van der Waals surface area contributed by atoms with Crippen LogP contribution in [0.3, 0.4) is 0 Å². The van der Waals surface area contributed by atoms with Crippen molar-refractivity contribution >= 4 is 23.2 Å². The second-order valence-corrected chi connectivity index (χ2v) is 5.93. The Labute approximate surface area is 129 Å². The first-order chi connectivity index (χ1) is 10.2. The molecule has 3 rings (SSSR count). The summed E-state index contributed by atoms with van der Waals surface area (Å²) >= 11 is 6.03. The standard InChI is InChI=1S/C16H19ClN4/c17-12-6-4-5-11(9-12)16-20-14(18)10-15(21-16)19-13-7-2-1-3-8-13/h4-6,9-10,13H,1-3,7-8H2,(H3,18,19,20,21). The van der Waals surface area contributed by atoms with Crippen molar-refractivity contribution in [3.8, 4) is 11.4 Å². The van der Waals surface area contributed by atoms with Crippen molar-refractivity contribution < 1.29 is 0 Å². The maximum atomic E-state index is 6.03. The van der Waals surface area contributed by atoms with E-state index in [4.69, 9.17) is 17.3 Å². The van der Waals surface area contributed by atoms with E-state index in [1.165, 1.54) is 32.1 Å². The van der Waals surface area contributed by atoms with Gasteiger partial charge in [0.05, 0.1) is 0 Å². The molecule has 1 saturated carbocycles. The highest BCUT2D eigenvalue weighted by molar-refractivity contribution is 6.30. The average Bonchev–Trinajstić information content (AvgIpc) is 2.48. The Hall–Kier alpha value is -1.81. The van der Waals surface area contributed by atoms with Gasteiger partial charge < -0.3 is 11.1 Å². The lowest BCUT2D eigenvalue weighted by Crippen LogP contribution is -2.23. The molecule has 1 aliphatic carbocycles. The number of rotatable bonds is 3. The number of nitrogens with two attached hydrogens (primary N) is 1. The number of nitrogens with zero attached hydrogens (tertiary/aromatic N) is 2. The zero-order chi connectivity index (χ0) is 14.7. The van der Waals surface area contributed by atoms with Crippen molar-refractivity contribution in [3.05, 3.63) is 35.4 Å². The Bertz CT molecular complexity index is 623. The lowest BCUT2D eigenvalue weighted by Gasteiger charge is -2.23. The van der Waals surface area contributed by atoms with Gasteiger partial charge in [0.15, 0.2) is 5.82 Å². The number of anilines is 2. The number of nitrogens with one attached hydrogen (secondary N) is 1. The van der Waals surface area contributed by atoms with Crippen molar-refractivity contribution in [3.63, 3.8) is 0 Å². The summed E-state index contributed by atoms with van der Waals surface area (Å²) in [6, 6.07) is 9.78. The molecule has 0 amide bonds. The quantitative estimate of drug-likeness (QED) is 0.895. The first kappa shape index (κ1) is 14.1. The molecule has 0 spiro atoms. The van der Waals surface area contributed by atoms with Gasteiger partial charge in [-0.2, -0.15) is 0 Å². The highest BCUT2D eigenvalue weighted by Crippen LogP contribution is 2.24. The average molecular weight is 303 g/mol. The van der Waals surface area contributed by atoms with Crippen LogP contribution in [-0.4, -0.2) is 16.0 Å². The lowest BCUT2D eigenvalue weighted by molar-refractivity contribution is 0.462. The summed E-state index contributed by atoms with van der Waals surface area (Å²) < 4.78 is 0. The molecule has 1 heterocycles. The molecule has 1 aromatic heterocycles. The van der Waals surface area contributed by atoms with Gasteiger partial charge in [-0.1, -0.05) is 43.0 Å². The Morgan fingerprint density at radius 2 is 1.90 bits per heavy atom. The minimum absolute atomic E-state index is 0.471. The molecule has 0 saturated heterocycles. The molecule has 110 valence electrons. The molecule has 1 aliphatic rings. The van der Waals surface area contributed by atoms with Crippen LogP contribution in [0.25, 0.3) is 11.4 Å². The van der Waals surface area contributed by atoms with Gasteiger partial charge in [-0.25, -0.2) is 9.97 Å². The fourth-order valence-electron chi connectivity index (χ4n) is 2.75. The highest BCUT2D eigenvalue weighted by Gasteiger charge is 2.14. The van der Waals surface area contributed by atoms with E-state index < -0.39 is 0 Å². The largest absolute Gasteiger partial charge is 0.384 e. The van der Waals surface area contributed by atoms with Crippen molar-refractivity contribution in [2.75, 3.05) is 11.1 Å². The first-order valence-electron chi connectivity index (χ1n) is 7.38. The molecule has 0 aliphatic heterocycles. The summed E-state index contributed by atoms with van der Waals surface area (Å²) in [4.78, 5) is 8.88. The smallest absolute Gasteiger partial charge is 0.163 e. The molecule has 1 aromatic carbocycles. The molecule has 1 fully saturated rings. The Morgan fingerprint density at radius 3 is 2.67 bits per heavy atom. The molecule has 0 atom stereocenters. The highest BCUT2D eigenvalue weighted by atomic mass is 35.5. The third-order valence-corrected chi connectivity index (χ3v) is 4.02. The molecule has 0 bridgehead atoms. The van der Waals surface area contributed by atoms with Crippen molar-refractivity contribution in [2.24, 2.45) is 0 Å². The van der Waals surface area contributed by atoms with Crippen LogP contribution in [0.5, 0.6) is 0 Å². The van der Waals surface area contributed by atoms with E-state index in [0.717, 1.165) is 11.4 Å². The van der Waals surface area contributed by atoms with Gasteiger partial charge in [-0.15, -0.1) is 0 Å².